The minimum Gasteiger partial charge on any atom is -0.349 e. The Hall–Kier alpha value is -2.93. The number of hydrogen-bond acceptors (Lipinski definition) is 4. The molecule has 0 aliphatic carbocycles. The van der Waals surface area contributed by atoms with Crippen LogP contribution >= 0.6 is 11.6 Å². The van der Waals surface area contributed by atoms with Crippen molar-refractivity contribution in [3.05, 3.63) is 74.8 Å². The van der Waals surface area contributed by atoms with Crippen LogP contribution in [0.4, 0.5) is 5.69 Å². The maximum Gasteiger partial charge on any atom is 0.282 e. The van der Waals surface area contributed by atoms with Crippen molar-refractivity contribution < 1.29 is 14.5 Å². The molecule has 2 aromatic rings. The van der Waals surface area contributed by atoms with Gasteiger partial charge in [0.25, 0.3) is 17.5 Å². The lowest BCUT2D eigenvalue weighted by molar-refractivity contribution is -0.385. The van der Waals surface area contributed by atoms with Crippen LogP contribution in [0.1, 0.15) is 33.6 Å². The molecule has 0 bridgehead atoms. The van der Waals surface area contributed by atoms with Gasteiger partial charge in [0.05, 0.1) is 4.92 Å². The van der Waals surface area contributed by atoms with Crippen LogP contribution in [0.25, 0.3) is 0 Å². The molecular formula is C19H18ClN3O4. The van der Waals surface area contributed by atoms with Crippen LogP contribution < -0.4 is 5.32 Å². The highest BCUT2D eigenvalue weighted by Crippen LogP contribution is 2.25. The molecular weight excluding hydrogens is 370 g/mol. The zero-order valence-corrected chi connectivity index (χ0v) is 15.2. The lowest BCUT2D eigenvalue weighted by Gasteiger charge is -2.32. The van der Waals surface area contributed by atoms with E-state index in [-0.39, 0.29) is 28.2 Å². The average molecular weight is 388 g/mol. The van der Waals surface area contributed by atoms with E-state index in [1.807, 2.05) is 6.07 Å². The number of amides is 2. The van der Waals surface area contributed by atoms with Gasteiger partial charge in [0.1, 0.15) is 5.56 Å². The second kappa shape index (κ2) is 8.18. The van der Waals surface area contributed by atoms with Crippen LogP contribution in [0.2, 0.25) is 5.02 Å². The Kier molecular flexibility index (Phi) is 5.71. The summed E-state index contributed by atoms with van der Waals surface area (Å²) in [6, 6.07) is 12.8. The van der Waals surface area contributed by atoms with Gasteiger partial charge in [-0.2, -0.15) is 0 Å². The maximum atomic E-state index is 12.7. The van der Waals surface area contributed by atoms with Crippen LogP contribution in [-0.4, -0.2) is 40.8 Å². The molecule has 140 valence electrons. The predicted molar refractivity (Wildman–Crippen MR) is 101 cm³/mol. The van der Waals surface area contributed by atoms with E-state index in [0.717, 1.165) is 0 Å². The molecule has 0 spiro atoms. The second-order valence-electron chi connectivity index (χ2n) is 6.32. The molecule has 0 atom stereocenters. The minimum atomic E-state index is -0.587. The van der Waals surface area contributed by atoms with Crippen molar-refractivity contribution in [1.29, 1.82) is 0 Å². The third-order valence-electron chi connectivity index (χ3n) is 4.54. The molecule has 0 saturated carbocycles. The highest BCUT2D eigenvalue weighted by atomic mass is 35.5. The van der Waals surface area contributed by atoms with Crippen LogP contribution in [0.15, 0.2) is 48.5 Å². The number of nitrogens with zero attached hydrogens (tertiary/aromatic N) is 2. The van der Waals surface area contributed by atoms with Crippen molar-refractivity contribution in [3.63, 3.8) is 0 Å². The van der Waals surface area contributed by atoms with E-state index in [0.29, 0.717) is 31.5 Å². The van der Waals surface area contributed by atoms with Gasteiger partial charge >= 0.3 is 0 Å². The molecule has 1 saturated heterocycles. The maximum absolute atomic E-state index is 12.7. The molecule has 0 aromatic heterocycles. The summed E-state index contributed by atoms with van der Waals surface area (Å²) >= 11 is 5.90. The number of benzene rings is 2. The Morgan fingerprint density at radius 1 is 1.11 bits per heavy atom. The van der Waals surface area contributed by atoms with Gasteiger partial charge in [-0.15, -0.1) is 0 Å². The standard InChI is InChI=1S/C19H18ClN3O4/c20-14-6-7-17(23(26)27)16(12-14)19(25)22-10-8-15(9-11-22)21-18(24)13-4-2-1-3-5-13/h1-7,12,15H,8-11H2,(H,21,24). The topological polar surface area (TPSA) is 92.6 Å². The Morgan fingerprint density at radius 3 is 2.41 bits per heavy atom. The number of carbonyl (C=O) groups excluding carboxylic acids is 2. The largest absolute Gasteiger partial charge is 0.349 e. The zero-order chi connectivity index (χ0) is 19.4. The summed E-state index contributed by atoms with van der Waals surface area (Å²) in [6.07, 6.45) is 1.16. The number of likely N-dealkylation sites (tertiary alicyclic amines) is 1. The van der Waals surface area contributed by atoms with Gasteiger partial charge < -0.3 is 10.2 Å². The zero-order valence-electron chi connectivity index (χ0n) is 14.4. The first-order valence-corrected chi connectivity index (χ1v) is 8.92. The van der Waals surface area contributed by atoms with Crippen molar-refractivity contribution in [2.24, 2.45) is 0 Å². The molecule has 0 radical (unpaired) electrons. The lowest BCUT2D eigenvalue weighted by atomic mass is 10.0. The molecule has 2 amide bonds. The summed E-state index contributed by atoms with van der Waals surface area (Å²) < 4.78 is 0. The van der Waals surface area contributed by atoms with E-state index in [9.17, 15) is 19.7 Å². The van der Waals surface area contributed by atoms with Crippen molar-refractivity contribution in [1.82, 2.24) is 10.2 Å². The van der Waals surface area contributed by atoms with Gasteiger partial charge in [-0.05, 0) is 37.1 Å². The summed E-state index contributed by atoms with van der Waals surface area (Å²) in [7, 11) is 0. The van der Waals surface area contributed by atoms with E-state index in [1.165, 1.54) is 18.2 Å². The fourth-order valence-corrected chi connectivity index (χ4v) is 3.27. The van der Waals surface area contributed by atoms with Crippen LogP contribution in [0.3, 0.4) is 0 Å². The number of nitro benzene ring substituents is 1. The molecule has 1 aliphatic heterocycles. The first-order chi connectivity index (χ1) is 13.0. The fraction of sp³-hybridized carbons (Fsp3) is 0.263. The third-order valence-corrected chi connectivity index (χ3v) is 4.77. The smallest absolute Gasteiger partial charge is 0.282 e. The van der Waals surface area contributed by atoms with Crippen molar-refractivity contribution in [2.45, 2.75) is 18.9 Å². The van der Waals surface area contributed by atoms with E-state index in [1.54, 1.807) is 29.2 Å². The van der Waals surface area contributed by atoms with Gasteiger partial charge in [-0.25, -0.2) is 0 Å². The van der Waals surface area contributed by atoms with Gasteiger partial charge in [0.15, 0.2) is 0 Å². The van der Waals surface area contributed by atoms with Crippen molar-refractivity contribution >= 4 is 29.1 Å². The van der Waals surface area contributed by atoms with Gasteiger partial charge in [0, 0.05) is 35.8 Å². The number of nitrogens with one attached hydrogen (secondary N) is 1. The Bertz CT molecular complexity index is 865. The summed E-state index contributed by atoms with van der Waals surface area (Å²) in [5.41, 5.74) is 0.314. The summed E-state index contributed by atoms with van der Waals surface area (Å²) in [6.45, 7) is 0.810. The minimum absolute atomic E-state index is 0.0146. The number of rotatable bonds is 4. The normalized spacial score (nSPS) is 14.6. The molecule has 1 N–H and O–H groups in total. The highest BCUT2D eigenvalue weighted by molar-refractivity contribution is 6.31. The van der Waals surface area contributed by atoms with Crippen LogP contribution in [0.5, 0.6) is 0 Å². The molecule has 1 aliphatic rings. The fourth-order valence-electron chi connectivity index (χ4n) is 3.09. The third kappa shape index (κ3) is 4.43. The van der Waals surface area contributed by atoms with Gasteiger partial charge in [0.2, 0.25) is 0 Å². The molecule has 2 aromatic carbocycles. The molecule has 1 heterocycles. The lowest BCUT2D eigenvalue weighted by Crippen LogP contribution is -2.46. The first-order valence-electron chi connectivity index (χ1n) is 8.55. The Morgan fingerprint density at radius 2 is 1.78 bits per heavy atom. The second-order valence-corrected chi connectivity index (χ2v) is 6.76. The first kappa shape index (κ1) is 18.8. The average Bonchev–Trinajstić information content (AvgIpc) is 2.68. The van der Waals surface area contributed by atoms with Crippen molar-refractivity contribution in [2.75, 3.05) is 13.1 Å². The van der Waals surface area contributed by atoms with E-state index in [2.05, 4.69) is 5.32 Å². The highest BCUT2D eigenvalue weighted by Gasteiger charge is 2.29. The summed E-state index contributed by atoms with van der Waals surface area (Å²) in [5.74, 6) is -0.567. The number of nitro groups is 1. The Balaban J connectivity index is 1.62. The number of carbonyl (C=O) groups is 2. The molecule has 1 fully saturated rings. The number of piperidine rings is 1. The number of hydrogen-bond donors (Lipinski definition) is 1. The quantitative estimate of drug-likeness (QED) is 0.643. The summed E-state index contributed by atoms with van der Waals surface area (Å²) in [4.78, 5) is 37.1. The van der Waals surface area contributed by atoms with Crippen molar-refractivity contribution in [3.8, 4) is 0 Å². The molecule has 7 nitrogen and oxygen atoms in total. The van der Waals surface area contributed by atoms with E-state index >= 15 is 0 Å². The molecule has 8 heteroatoms. The van der Waals surface area contributed by atoms with Crippen LogP contribution in [-0.2, 0) is 0 Å². The van der Waals surface area contributed by atoms with E-state index in [4.69, 9.17) is 11.6 Å². The number of halogens is 1. The van der Waals surface area contributed by atoms with E-state index < -0.39 is 10.8 Å². The van der Waals surface area contributed by atoms with Crippen LogP contribution in [0, 0.1) is 10.1 Å². The molecule has 27 heavy (non-hydrogen) atoms. The predicted octanol–water partition coefficient (Wildman–Crippen LogP) is 3.28. The van der Waals surface area contributed by atoms with Gasteiger partial charge in [-0.3, -0.25) is 19.7 Å². The monoisotopic (exact) mass is 387 g/mol. The molecule has 0 unspecified atom stereocenters. The summed E-state index contributed by atoms with van der Waals surface area (Å²) in [5, 5.41) is 14.4. The Labute approximate surface area is 161 Å². The SMILES string of the molecule is O=C(NC1CCN(C(=O)c2cc(Cl)ccc2[N+](=O)[O-])CC1)c1ccccc1. The molecule has 3 rings (SSSR count). The van der Waals surface area contributed by atoms with Gasteiger partial charge in [-0.1, -0.05) is 29.8 Å².